The van der Waals surface area contributed by atoms with Crippen molar-refractivity contribution in [2.75, 3.05) is 11.5 Å². The molecular formula is C17H14N6O6S2. The smallest absolute Gasteiger partial charge is 0.352 e. The van der Waals surface area contributed by atoms with Crippen LogP contribution in [-0.2, 0) is 14.4 Å². The summed E-state index contributed by atoms with van der Waals surface area (Å²) in [7, 11) is 0. The standard InChI is InChI=1S/C17H14N6O6S2/c18-17-20-9(6-31-17)10(22-28)13(24)21-11-14(25)23-12(16(26)27)7(5-30-15(11)23)1-2-8-3-4-19-29-8/h1-4,6,11,15,28H,5H2,(H2,18,20)(H,21,24)(H,26,27)/b2-1+,22-10-/t11-,15-/m1/s1. The summed E-state index contributed by atoms with van der Waals surface area (Å²) >= 11 is 2.35. The van der Waals surface area contributed by atoms with Crippen molar-refractivity contribution >= 4 is 57.8 Å². The number of hydrogen-bond donors (Lipinski definition) is 4. The van der Waals surface area contributed by atoms with E-state index in [-0.39, 0.29) is 22.3 Å². The molecule has 0 spiro atoms. The molecule has 0 saturated carbocycles. The van der Waals surface area contributed by atoms with E-state index >= 15 is 0 Å². The molecule has 2 aliphatic rings. The first kappa shape index (κ1) is 20.6. The summed E-state index contributed by atoms with van der Waals surface area (Å²) in [5, 5.41) is 28.8. The molecule has 0 aromatic carbocycles. The number of oxime groups is 1. The Labute approximate surface area is 182 Å². The Hall–Kier alpha value is -3.65. The predicted octanol–water partition coefficient (Wildman–Crippen LogP) is 0.344. The van der Waals surface area contributed by atoms with Crippen LogP contribution in [0.4, 0.5) is 5.13 Å². The van der Waals surface area contributed by atoms with Gasteiger partial charge in [0.1, 0.15) is 22.8 Å². The number of aliphatic carboxylic acids is 1. The van der Waals surface area contributed by atoms with Crippen molar-refractivity contribution in [1.82, 2.24) is 20.4 Å². The van der Waals surface area contributed by atoms with Crippen molar-refractivity contribution in [3.05, 3.63) is 46.4 Å². The number of carboxylic acid groups (broad SMARTS) is 1. The van der Waals surface area contributed by atoms with E-state index in [2.05, 4.69) is 20.6 Å². The SMILES string of the molecule is Nc1nc(/C(=N/O)C(=O)N[C@@H]2C(=O)N3C(C(=O)O)=C(/C=C/c4ccno4)CS[C@H]23)cs1. The maximum atomic E-state index is 12.7. The molecule has 0 unspecified atom stereocenters. The zero-order valence-electron chi connectivity index (χ0n) is 15.5. The number of nitrogens with one attached hydrogen (secondary N) is 1. The molecule has 160 valence electrons. The Morgan fingerprint density at radius 2 is 2.23 bits per heavy atom. The number of fused-ring (bicyclic) bond motifs is 1. The molecule has 2 aliphatic heterocycles. The van der Waals surface area contributed by atoms with Crippen LogP contribution in [0.3, 0.4) is 0 Å². The molecule has 0 radical (unpaired) electrons. The van der Waals surface area contributed by atoms with Crippen LogP contribution in [0.5, 0.6) is 0 Å². The number of rotatable bonds is 6. The molecule has 2 amide bonds. The van der Waals surface area contributed by atoms with Crippen LogP contribution < -0.4 is 11.1 Å². The highest BCUT2D eigenvalue weighted by Gasteiger charge is 2.54. The number of amides is 2. The molecule has 14 heteroatoms. The maximum Gasteiger partial charge on any atom is 0.352 e. The monoisotopic (exact) mass is 462 g/mol. The van der Waals surface area contributed by atoms with Gasteiger partial charge in [-0.2, -0.15) is 0 Å². The molecule has 5 N–H and O–H groups in total. The average molecular weight is 462 g/mol. The van der Waals surface area contributed by atoms with E-state index in [1.165, 1.54) is 23.3 Å². The van der Waals surface area contributed by atoms with Crippen LogP contribution in [0, 0.1) is 0 Å². The Balaban J connectivity index is 1.52. The zero-order valence-corrected chi connectivity index (χ0v) is 17.1. The first-order chi connectivity index (χ1) is 14.9. The fraction of sp³-hybridized carbons (Fsp3) is 0.176. The molecule has 1 saturated heterocycles. The number of hydrogen-bond acceptors (Lipinski definition) is 11. The van der Waals surface area contributed by atoms with E-state index in [1.807, 2.05) is 0 Å². The number of nitrogens with zero attached hydrogens (tertiary/aromatic N) is 4. The van der Waals surface area contributed by atoms with E-state index in [0.29, 0.717) is 11.3 Å². The molecule has 0 aliphatic carbocycles. The molecule has 2 aromatic rings. The highest BCUT2D eigenvalue weighted by Crippen LogP contribution is 2.40. The highest BCUT2D eigenvalue weighted by molar-refractivity contribution is 8.00. The van der Waals surface area contributed by atoms with Gasteiger partial charge in [0.05, 0.1) is 6.20 Å². The van der Waals surface area contributed by atoms with Gasteiger partial charge in [0.15, 0.2) is 16.6 Å². The summed E-state index contributed by atoms with van der Waals surface area (Å²) in [6.45, 7) is 0. The van der Waals surface area contributed by atoms with Gasteiger partial charge in [0, 0.05) is 17.2 Å². The summed E-state index contributed by atoms with van der Waals surface area (Å²) in [5.74, 6) is -1.97. The number of thiazole rings is 1. The minimum atomic E-state index is -1.27. The second kappa shape index (κ2) is 8.23. The van der Waals surface area contributed by atoms with Gasteiger partial charge in [-0.1, -0.05) is 16.4 Å². The number of thioether (sulfide) groups is 1. The third-order valence-corrected chi connectivity index (χ3v) is 6.45. The van der Waals surface area contributed by atoms with Gasteiger partial charge >= 0.3 is 5.97 Å². The second-order valence-corrected chi connectivity index (χ2v) is 8.30. The number of nitrogen functional groups attached to an aromatic ring is 1. The van der Waals surface area contributed by atoms with E-state index in [9.17, 15) is 24.7 Å². The summed E-state index contributed by atoms with van der Waals surface area (Å²) in [5.41, 5.74) is 5.44. The molecule has 1 fully saturated rings. The number of nitrogens with two attached hydrogens (primary N) is 1. The van der Waals surface area contributed by atoms with E-state index in [4.69, 9.17) is 10.3 Å². The minimum Gasteiger partial charge on any atom is -0.477 e. The lowest BCUT2D eigenvalue weighted by atomic mass is 10.0. The Morgan fingerprint density at radius 3 is 2.84 bits per heavy atom. The first-order valence-electron chi connectivity index (χ1n) is 8.65. The van der Waals surface area contributed by atoms with Gasteiger partial charge in [-0.25, -0.2) is 9.78 Å². The summed E-state index contributed by atoms with van der Waals surface area (Å²) in [6.07, 6.45) is 4.56. The van der Waals surface area contributed by atoms with Crippen molar-refractivity contribution in [1.29, 1.82) is 0 Å². The molecular weight excluding hydrogens is 448 g/mol. The van der Waals surface area contributed by atoms with Gasteiger partial charge in [-0.3, -0.25) is 14.5 Å². The number of β-lactam (4-membered cyclic amide) rings is 1. The second-order valence-electron chi connectivity index (χ2n) is 6.31. The third-order valence-electron chi connectivity index (χ3n) is 4.47. The van der Waals surface area contributed by atoms with Gasteiger partial charge < -0.3 is 25.9 Å². The first-order valence-corrected chi connectivity index (χ1v) is 10.6. The molecule has 4 heterocycles. The van der Waals surface area contributed by atoms with Crippen LogP contribution >= 0.6 is 23.1 Å². The quantitative estimate of drug-likeness (QED) is 0.202. The number of carboxylic acids is 1. The fourth-order valence-corrected chi connectivity index (χ4v) is 4.95. The van der Waals surface area contributed by atoms with Crippen LogP contribution in [0.1, 0.15) is 11.5 Å². The van der Waals surface area contributed by atoms with Gasteiger partial charge in [-0.15, -0.1) is 23.1 Å². The third kappa shape index (κ3) is 3.77. The Bertz CT molecular complexity index is 1140. The molecule has 4 rings (SSSR count). The van der Waals surface area contributed by atoms with Crippen molar-refractivity contribution in [3.8, 4) is 0 Å². The topological polar surface area (TPSA) is 184 Å². The average Bonchev–Trinajstić information content (AvgIpc) is 3.42. The van der Waals surface area contributed by atoms with Crippen LogP contribution in [-0.4, -0.2) is 66.0 Å². The number of anilines is 1. The number of aromatic nitrogens is 2. The number of allylic oxidation sites excluding steroid dienone is 1. The highest BCUT2D eigenvalue weighted by atomic mass is 32.2. The molecule has 31 heavy (non-hydrogen) atoms. The van der Waals surface area contributed by atoms with Crippen LogP contribution in [0.2, 0.25) is 0 Å². The van der Waals surface area contributed by atoms with Crippen molar-refractivity contribution < 1.29 is 29.2 Å². The fourth-order valence-electron chi connectivity index (χ4n) is 3.08. The van der Waals surface area contributed by atoms with Gasteiger partial charge in [0.2, 0.25) is 0 Å². The lowest BCUT2D eigenvalue weighted by Gasteiger charge is -2.49. The lowest BCUT2D eigenvalue weighted by Crippen LogP contribution is -2.71. The summed E-state index contributed by atoms with van der Waals surface area (Å²) in [6, 6.07) is 0.617. The minimum absolute atomic E-state index is 0.0633. The normalized spacial score (nSPS) is 21.2. The van der Waals surface area contributed by atoms with Gasteiger partial charge in [-0.05, 0) is 11.6 Å². The molecule has 0 bridgehead atoms. The molecule has 12 nitrogen and oxygen atoms in total. The van der Waals surface area contributed by atoms with Crippen LogP contribution in [0.15, 0.2) is 44.7 Å². The Morgan fingerprint density at radius 1 is 1.42 bits per heavy atom. The zero-order chi connectivity index (χ0) is 22.1. The van der Waals surface area contributed by atoms with Gasteiger partial charge in [0.25, 0.3) is 11.8 Å². The molecule has 2 atom stereocenters. The number of carbonyl (C=O) groups is 3. The van der Waals surface area contributed by atoms with E-state index < -0.39 is 34.9 Å². The maximum absolute atomic E-state index is 12.7. The summed E-state index contributed by atoms with van der Waals surface area (Å²) in [4.78, 5) is 42.0. The van der Waals surface area contributed by atoms with E-state index in [0.717, 1.165) is 16.2 Å². The van der Waals surface area contributed by atoms with Crippen molar-refractivity contribution in [2.45, 2.75) is 11.4 Å². The summed E-state index contributed by atoms with van der Waals surface area (Å²) < 4.78 is 4.95. The van der Waals surface area contributed by atoms with E-state index in [1.54, 1.807) is 18.2 Å². The lowest BCUT2D eigenvalue weighted by molar-refractivity contribution is -0.150. The van der Waals surface area contributed by atoms with Crippen LogP contribution in [0.25, 0.3) is 6.08 Å². The Kier molecular flexibility index (Phi) is 5.48. The molecule has 2 aromatic heterocycles. The number of carbonyl (C=O) groups excluding carboxylic acids is 2. The predicted molar refractivity (Wildman–Crippen MR) is 110 cm³/mol. The van der Waals surface area contributed by atoms with Crippen molar-refractivity contribution in [2.24, 2.45) is 5.16 Å². The largest absolute Gasteiger partial charge is 0.477 e. The van der Waals surface area contributed by atoms with Crippen molar-refractivity contribution in [3.63, 3.8) is 0 Å².